The zero-order chi connectivity index (χ0) is 15.6. The van der Waals surface area contributed by atoms with Crippen LogP contribution >= 0.6 is 0 Å². The second kappa shape index (κ2) is 5.69. The second-order valence-corrected chi connectivity index (χ2v) is 5.59. The summed E-state index contributed by atoms with van der Waals surface area (Å²) in [6.45, 7) is 0.799. The topological polar surface area (TPSA) is 17.8 Å². The van der Waals surface area contributed by atoms with Crippen LogP contribution in [0.5, 0.6) is 0 Å². The summed E-state index contributed by atoms with van der Waals surface area (Å²) in [7, 11) is 0. The van der Waals surface area contributed by atoms with Gasteiger partial charge in [0, 0.05) is 18.9 Å². The fourth-order valence-electron chi connectivity index (χ4n) is 2.89. The summed E-state index contributed by atoms with van der Waals surface area (Å²) >= 11 is 0. The summed E-state index contributed by atoms with van der Waals surface area (Å²) in [5.41, 5.74) is 3.37. The quantitative estimate of drug-likeness (QED) is 0.527. The zero-order valence-electron chi connectivity index (χ0n) is 12.5. The van der Waals surface area contributed by atoms with Gasteiger partial charge in [-0.3, -0.25) is 0 Å². The molecule has 0 aliphatic heterocycles. The zero-order valence-corrected chi connectivity index (χ0v) is 12.5. The molecule has 4 rings (SSSR count). The fraction of sp³-hybridized carbons (Fsp3) is 0.0500. The number of nitrogens with zero attached hydrogens (tertiary/aromatic N) is 2. The van der Waals surface area contributed by atoms with E-state index in [2.05, 4.69) is 45.9 Å². The van der Waals surface area contributed by atoms with Crippen LogP contribution in [0.4, 0.5) is 4.39 Å². The molecule has 1 aromatic heterocycles. The summed E-state index contributed by atoms with van der Waals surface area (Å²) in [5, 5.41) is 2.41. The summed E-state index contributed by atoms with van der Waals surface area (Å²) in [5.74, 6) is -0.211. The molecule has 3 heteroatoms. The highest BCUT2D eigenvalue weighted by atomic mass is 19.1. The third kappa shape index (κ3) is 2.73. The van der Waals surface area contributed by atoms with Gasteiger partial charge in [0.05, 0.1) is 6.33 Å². The maximum Gasteiger partial charge on any atom is 0.123 e. The van der Waals surface area contributed by atoms with Gasteiger partial charge in [-0.15, -0.1) is 0 Å². The molecule has 0 N–H and O–H groups in total. The first kappa shape index (κ1) is 13.7. The van der Waals surface area contributed by atoms with Gasteiger partial charge in [0.15, 0.2) is 0 Å². The van der Waals surface area contributed by atoms with Crippen molar-refractivity contribution in [3.8, 4) is 11.1 Å². The van der Waals surface area contributed by atoms with Gasteiger partial charge in [0.1, 0.15) is 5.82 Å². The highest BCUT2D eigenvalue weighted by Gasteiger charge is 2.04. The predicted octanol–water partition coefficient (Wildman–Crippen LogP) is 4.89. The number of rotatable bonds is 3. The van der Waals surface area contributed by atoms with Crippen LogP contribution in [-0.2, 0) is 6.54 Å². The first-order valence-corrected chi connectivity index (χ1v) is 7.53. The average molecular weight is 302 g/mol. The lowest BCUT2D eigenvalue weighted by molar-refractivity contribution is 0.628. The van der Waals surface area contributed by atoms with Gasteiger partial charge in [0.2, 0.25) is 0 Å². The standard InChI is InChI=1S/C20H15FN2/c21-19-7-4-15(5-8-19)16-6-9-20-17(12-16)2-1-3-18(20)13-23-11-10-22-14-23/h1-12,14H,13H2. The van der Waals surface area contributed by atoms with Gasteiger partial charge >= 0.3 is 0 Å². The first-order valence-electron chi connectivity index (χ1n) is 7.53. The smallest absolute Gasteiger partial charge is 0.123 e. The predicted molar refractivity (Wildman–Crippen MR) is 90.7 cm³/mol. The SMILES string of the molecule is Fc1ccc(-c2ccc3c(Cn4ccnc4)cccc3c2)cc1. The Morgan fingerprint density at radius 3 is 2.52 bits per heavy atom. The fourth-order valence-corrected chi connectivity index (χ4v) is 2.89. The molecule has 1 heterocycles. The maximum atomic E-state index is 13.1. The Morgan fingerprint density at radius 1 is 0.913 bits per heavy atom. The van der Waals surface area contributed by atoms with Crippen LogP contribution in [0.25, 0.3) is 21.9 Å². The van der Waals surface area contributed by atoms with Crippen molar-refractivity contribution in [3.05, 3.63) is 90.8 Å². The minimum absolute atomic E-state index is 0.211. The van der Waals surface area contributed by atoms with Crippen LogP contribution in [-0.4, -0.2) is 9.55 Å². The minimum Gasteiger partial charge on any atom is -0.333 e. The molecule has 0 atom stereocenters. The normalized spacial score (nSPS) is 11.0. The van der Waals surface area contributed by atoms with E-state index in [-0.39, 0.29) is 5.82 Å². The van der Waals surface area contributed by atoms with Crippen molar-refractivity contribution in [2.75, 3.05) is 0 Å². The highest BCUT2D eigenvalue weighted by Crippen LogP contribution is 2.27. The van der Waals surface area contributed by atoms with Crippen molar-refractivity contribution >= 4 is 10.8 Å². The van der Waals surface area contributed by atoms with Crippen molar-refractivity contribution in [2.45, 2.75) is 6.54 Å². The number of benzene rings is 3. The second-order valence-electron chi connectivity index (χ2n) is 5.59. The molecule has 4 aromatic rings. The Morgan fingerprint density at radius 2 is 1.74 bits per heavy atom. The molecule has 0 amide bonds. The Bertz CT molecular complexity index is 941. The van der Waals surface area contributed by atoms with E-state index in [1.165, 1.54) is 28.5 Å². The van der Waals surface area contributed by atoms with Crippen molar-refractivity contribution in [1.82, 2.24) is 9.55 Å². The number of imidazole rings is 1. The summed E-state index contributed by atoms with van der Waals surface area (Å²) in [4.78, 5) is 4.09. The number of hydrogen-bond acceptors (Lipinski definition) is 1. The lowest BCUT2D eigenvalue weighted by atomic mass is 9.98. The lowest BCUT2D eigenvalue weighted by Gasteiger charge is -2.09. The Labute approximate surface area is 133 Å². The molecule has 112 valence electrons. The number of fused-ring (bicyclic) bond motifs is 1. The molecule has 2 nitrogen and oxygen atoms in total. The molecule has 0 saturated carbocycles. The van der Waals surface area contributed by atoms with Gasteiger partial charge in [-0.25, -0.2) is 9.37 Å². The molecule has 0 fully saturated rings. The summed E-state index contributed by atoms with van der Waals surface area (Å²) in [6, 6.07) is 19.3. The number of hydrogen-bond donors (Lipinski definition) is 0. The van der Waals surface area contributed by atoms with Crippen LogP contribution in [0.15, 0.2) is 79.4 Å². The van der Waals surface area contributed by atoms with E-state index in [1.54, 1.807) is 6.20 Å². The van der Waals surface area contributed by atoms with E-state index in [0.29, 0.717) is 0 Å². The molecule has 0 bridgehead atoms. The Hall–Kier alpha value is -2.94. The van der Waals surface area contributed by atoms with E-state index in [4.69, 9.17) is 0 Å². The van der Waals surface area contributed by atoms with Gasteiger partial charge in [0.25, 0.3) is 0 Å². The molecule has 0 aliphatic carbocycles. The van der Waals surface area contributed by atoms with E-state index < -0.39 is 0 Å². The van der Waals surface area contributed by atoms with Crippen LogP contribution in [0.2, 0.25) is 0 Å². The molecule has 0 unspecified atom stereocenters. The number of aromatic nitrogens is 2. The third-order valence-electron chi connectivity index (χ3n) is 4.06. The first-order chi connectivity index (χ1) is 11.3. The van der Waals surface area contributed by atoms with Crippen molar-refractivity contribution in [3.63, 3.8) is 0 Å². The van der Waals surface area contributed by atoms with Crippen LogP contribution in [0, 0.1) is 5.82 Å². The van der Waals surface area contributed by atoms with Gasteiger partial charge in [-0.2, -0.15) is 0 Å². The Balaban J connectivity index is 1.76. The third-order valence-corrected chi connectivity index (χ3v) is 4.06. The van der Waals surface area contributed by atoms with Crippen LogP contribution in [0.3, 0.4) is 0 Å². The van der Waals surface area contributed by atoms with E-state index in [1.807, 2.05) is 24.7 Å². The van der Waals surface area contributed by atoms with Gasteiger partial charge < -0.3 is 4.57 Å². The molecular weight excluding hydrogens is 287 g/mol. The lowest BCUT2D eigenvalue weighted by Crippen LogP contribution is -1.97. The maximum absolute atomic E-state index is 13.1. The van der Waals surface area contributed by atoms with Crippen molar-refractivity contribution < 1.29 is 4.39 Å². The largest absolute Gasteiger partial charge is 0.333 e. The average Bonchev–Trinajstić information content (AvgIpc) is 3.08. The van der Waals surface area contributed by atoms with Crippen LogP contribution in [0.1, 0.15) is 5.56 Å². The minimum atomic E-state index is -0.211. The Kier molecular flexibility index (Phi) is 3.39. The van der Waals surface area contributed by atoms with E-state index >= 15 is 0 Å². The highest BCUT2D eigenvalue weighted by molar-refractivity contribution is 5.89. The van der Waals surface area contributed by atoms with E-state index in [9.17, 15) is 4.39 Å². The summed E-state index contributed by atoms with van der Waals surface area (Å²) in [6.07, 6.45) is 5.58. The van der Waals surface area contributed by atoms with E-state index in [0.717, 1.165) is 17.7 Å². The molecular formula is C20H15FN2. The van der Waals surface area contributed by atoms with Crippen LogP contribution < -0.4 is 0 Å². The number of halogens is 1. The molecule has 0 aliphatic rings. The molecule has 0 saturated heterocycles. The summed E-state index contributed by atoms with van der Waals surface area (Å²) < 4.78 is 15.1. The molecule has 3 aromatic carbocycles. The molecule has 0 spiro atoms. The molecule has 0 radical (unpaired) electrons. The van der Waals surface area contributed by atoms with Gasteiger partial charge in [-0.1, -0.05) is 42.5 Å². The van der Waals surface area contributed by atoms with Crippen molar-refractivity contribution in [1.29, 1.82) is 0 Å². The monoisotopic (exact) mass is 302 g/mol. The van der Waals surface area contributed by atoms with Crippen molar-refractivity contribution in [2.24, 2.45) is 0 Å². The van der Waals surface area contributed by atoms with Gasteiger partial charge in [-0.05, 0) is 45.7 Å². The molecule has 23 heavy (non-hydrogen) atoms.